The van der Waals surface area contributed by atoms with Crippen LogP contribution in [0.2, 0.25) is 0 Å². The molecule has 3 aromatic heterocycles. The van der Waals surface area contributed by atoms with E-state index in [1.807, 2.05) is 31.2 Å². The highest BCUT2D eigenvalue weighted by Crippen LogP contribution is 2.25. The van der Waals surface area contributed by atoms with Gasteiger partial charge in [0, 0.05) is 24.1 Å². The molecule has 0 spiro atoms. The Kier molecular flexibility index (Phi) is 5.84. The van der Waals surface area contributed by atoms with Gasteiger partial charge < -0.3 is 9.15 Å². The van der Waals surface area contributed by atoms with Crippen molar-refractivity contribution in [3.8, 4) is 22.8 Å². The van der Waals surface area contributed by atoms with Crippen LogP contribution in [0.3, 0.4) is 0 Å². The van der Waals surface area contributed by atoms with Gasteiger partial charge in [-0.25, -0.2) is 19.9 Å². The van der Waals surface area contributed by atoms with Gasteiger partial charge in [0.25, 0.3) is 5.56 Å². The Morgan fingerprint density at radius 2 is 1.85 bits per heavy atom. The van der Waals surface area contributed by atoms with Gasteiger partial charge >= 0.3 is 0 Å². The summed E-state index contributed by atoms with van der Waals surface area (Å²) in [6.07, 6.45) is 4.78. The topological polar surface area (TPSA) is 95.9 Å². The third-order valence-electron chi connectivity index (χ3n) is 5.27. The number of hydrogen-bond acceptors (Lipinski definition) is 7. The Balaban J connectivity index is 1.68. The molecule has 33 heavy (non-hydrogen) atoms. The Morgan fingerprint density at radius 1 is 1.06 bits per heavy atom. The molecule has 0 unspecified atom stereocenters. The van der Waals surface area contributed by atoms with Gasteiger partial charge in [0.15, 0.2) is 5.89 Å². The zero-order valence-electron chi connectivity index (χ0n) is 19.7. The van der Waals surface area contributed by atoms with Crippen LogP contribution in [0.25, 0.3) is 16.9 Å². The van der Waals surface area contributed by atoms with Crippen molar-refractivity contribution in [1.82, 2.24) is 24.5 Å². The zero-order valence-corrected chi connectivity index (χ0v) is 19.7. The van der Waals surface area contributed by atoms with Gasteiger partial charge in [0.2, 0.25) is 5.88 Å². The minimum atomic E-state index is -0.199. The summed E-state index contributed by atoms with van der Waals surface area (Å²) in [5, 5.41) is 0. The van der Waals surface area contributed by atoms with Crippen LogP contribution in [0.15, 0.2) is 52.3 Å². The Labute approximate surface area is 192 Å². The van der Waals surface area contributed by atoms with Crippen molar-refractivity contribution in [2.75, 3.05) is 0 Å². The number of oxazole rings is 1. The molecule has 0 saturated heterocycles. The van der Waals surface area contributed by atoms with E-state index in [0.717, 1.165) is 28.3 Å². The van der Waals surface area contributed by atoms with Crippen molar-refractivity contribution < 1.29 is 9.15 Å². The highest BCUT2D eigenvalue weighted by atomic mass is 16.5. The molecular weight excluding hydrogens is 418 g/mol. The molecule has 0 radical (unpaired) electrons. The summed E-state index contributed by atoms with van der Waals surface area (Å²) < 4.78 is 12.4. The van der Waals surface area contributed by atoms with E-state index < -0.39 is 0 Å². The standard InChI is InChI=1S/C25H27N5O3/c1-15-7-8-18(20-9-10-26-24(29-20)25(4,5)6)11-21(15)30-14-27-22(16(2)23(30)31)33-13-19-12-32-17(3)28-19/h7-12,14H,13H2,1-6H3. The SMILES string of the molecule is Cc1nc(COc2ncn(-c3cc(-c4ccnc(C(C)(C)C)n4)ccc3C)c(=O)c2C)co1. The summed E-state index contributed by atoms with van der Waals surface area (Å²) in [4.78, 5) is 30.9. The van der Waals surface area contributed by atoms with Gasteiger partial charge in [-0.1, -0.05) is 32.9 Å². The summed E-state index contributed by atoms with van der Waals surface area (Å²) in [6, 6.07) is 7.79. The van der Waals surface area contributed by atoms with Crippen molar-refractivity contribution in [1.29, 1.82) is 0 Å². The fourth-order valence-electron chi connectivity index (χ4n) is 3.37. The van der Waals surface area contributed by atoms with Crippen LogP contribution < -0.4 is 10.3 Å². The third-order valence-corrected chi connectivity index (χ3v) is 5.27. The number of benzene rings is 1. The second-order valence-corrected chi connectivity index (χ2v) is 9.01. The first kappa shape index (κ1) is 22.4. The molecule has 170 valence electrons. The van der Waals surface area contributed by atoms with Crippen LogP contribution in [0.4, 0.5) is 0 Å². The molecule has 3 heterocycles. The molecule has 0 fully saturated rings. The molecule has 0 aliphatic rings. The molecule has 0 N–H and O–H groups in total. The Hall–Kier alpha value is -3.81. The van der Waals surface area contributed by atoms with Gasteiger partial charge in [0.1, 0.15) is 30.7 Å². The molecule has 8 heteroatoms. The van der Waals surface area contributed by atoms with Gasteiger partial charge in [-0.05, 0) is 31.5 Å². The second-order valence-electron chi connectivity index (χ2n) is 9.01. The van der Waals surface area contributed by atoms with Crippen LogP contribution in [0.1, 0.15) is 49.3 Å². The van der Waals surface area contributed by atoms with Crippen LogP contribution in [-0.2, 0) is 12.0 Å². The van der Waals surface area contributed by atoms with Crippen LogP contribution in [0, 0.1) is 20.8 Å². The van der Waals surface area contributed by atoms with E-state index in [1.165, 1.54) is 17.2 Å². The summed E-state index contributed by atoms with van der Waals surface area (Å²) in [5.41, 5.74) is 4.07. The molecule has 4 rings (SSSR count). The average Bonchev–Trinajstić information content (AvgIpc) is 3.20. The van der Waals surface area contributed by atoms with Gasteiger partial charge in [-0.15, -0.1) is 0 Å². The third kappa shape index (κ3) is 4.69. The number of nitrogens with zero attached hydrogens (tertiary/aromatic N) is 5. The average molecular weight is 446 g/mol. The summed E-state index contributed by atoms with van der Waals surface area (Å²) in [7, 11) is 0. The van der Waals surface area contributed by atoms with Crippen molar-refractivity contribution in [3.63, 3.8) is 0 Å². The number of aryl methyl sites for hydroxylation is 2. The molecule has 8 nitrogen and oxygen atoms in total. The molecule has 0 aliphatic carbocycles. The minimum Gasteiger partial charge on any atom is -0.471 e. The van der Waals surface area contributed by atoms with E-state index >= 15 is 0 Å². The first-order chi connectivity index (χ1) is 15.6. The predicted octanol–water partition coefficient (Wildman–Crippen LogP) is 4.48. The van der Waals surface area contributed by atoms with Crippen molar-refractivity contribution >= 4 is 0 Å². The normalized spacial score (nSPS) is 11.6. The first-order valence-electron chi connectivity index (χ1n) is 10.7. The second kappa shape index (κ2) is 8.61. The molecule has 0 amide bonds. The van der Waals surface area contributed by atoms with Gasteiger partial charge in [-0.3, -0.25) is 9.36 Å². The van der Waals surface area contributed by atoms with E-state index in [4.69, 9.17) is 14.1 Å². The molecule has 0 atom stereocenters. The molecule has 0 saturated carbocycles. The summed E-state index contributed by atoms with van der Waals surface area (Å²) >= 11 is 0. The lowest BCUT2D eigenvalue weighted by atomic mass is 9.95. The molecule has 0 aliphatic heterocycles. The number of hydrogen-bond donors (Lipinski definition) is 0. The molecular formula is C25H27N5O3. The quantitative estimate of drug-likeness (QED) is 0.447. The maximum absolute atomic E-state index is 13.2. The van der Waals surface area contributed by atoms with Crippen molar-refractivity contribution in [3.05, 3.63) is 81.9 Å². The number of aromatic nitrogens is 5. The fraction of sp³-hybridized carbons (Fsp3) is 0.320. The molecule has 1 aromatic carbocycles. The maximum Gasteiger partial charge on any atom is 0.264 e. The van der Waals surface area contributed by atoms with Crippen LogP contribution in [-0.4, -0.2) is 24.5 Å². The highest BCUT2D eigenvalue weighted by Gasteiger charge is 2.18. The largest absolute Gasteiger partial charge is 0.471 e. The van der Waals surface area contributed by atoms with E-state index in [9.17, 15) is 4.79 Å². The number of ether oxygens (including phenoxy) is 1. The van der Waals surface area contributed by atoms with Gasteiger partial charge in [0.05, 0.1) is 16.9 Å². The molecule has 0 bridgehead atoms. The van der Waals surface area contributed by atoms with Gasteiger partial charge in [-0.2, -0.15) is 0 Å². The predicted molar refractivity (Wildman–Crippen MR) is 125 cm³/mol. The van der Waals surface area contributed by atoms with E-state index in [0.29, 0.717) is 17.1 Å². The maximum atomic E-state index is 13.2. The van der Waals surface area contributed by atoms with E-state index in [-0.39, 0.29) is 23.5 Å². The number of rotatable bonds is 5. The Morgan fingerprint density at radius 3 is 2.55 bits per heavy atom. The highest BCUT2D eigenvalue weighted by molar-refractivity contribution is 5.64. The monoisotopic (exact) mass is 445 g/mol. The lowest BCUT2D eigenvalue weighted by Gasteiger charge is -2.17. The molecule has 4 aromatic rings. The van der Waals surface area contributed by atoms with Crippen LogP contribution >= 0.6 is 0 Å². The first-order valence-corrected chi connectivity index (χ1v) is 10.7. The van der Waals surface area contributed by atoms with Crippen LogP contribution in [0.5, 0.6) is 5.88 Å². The van der Waals surface area contributed by atoms with Crippen molar-refractivity contribution in [2.45, 2.75) is 53.6 Å². The summed E-state index contributed by atoms with van der Waals surface area (Å²) in [5.74, 6) is 1.60. The summed E-state index contributed by atoms with van der Waals surface area (Å²) in [6.45, 7) is 11.8. The lowest BCUT2D eigenvalue weighted by Crippen LogP contribution is -2.23. The lowest BCUT2D eigenvalue weighted by molar-refractivity contribution is 0.285. The fourth-order valence-corrected chi connectivity index (χ4v) is 3.37. The smallest absolute Gasteiger partial charge is 0.264 e. The zero-order chi connectivity index (χ0) is 23.8. The van der Waals surface area contributed by atoms with Crippen molar-refractivity contribution in [2.24, 2.45) is 0 Å². The van der Waals surface area contributed by atoms with E-state index in [1.54, 1.807) is 20.0 Å². The van der Waals surface area contributed by atoms with E-state index in [2.05, 4.69) is 35.7 Å². The Bertz CT molecular complexity index is 1370. The minimum absolute atomic E-state index is 0.165.